The first-order valence-corrected chi connectivity index (χ1v) is 9.20. The molecule has 0 aliphatic carbocycles. The van der Waals surface area contributed by atoms with Crippen LogP contribution in [0.4, 0.5) is 5.95 Å². The van der Waals surface area contributed by atoms with Gasteiger partial charge in [0.2, 0.25) is 5.95 Å². The Morgan fingerprint density at radius 1 is 1.19 bits per heavy atom. The number of nitrogens with one attached hydrogen (secondary N) is 1. The molecule has 1 unspecified atom stereocenters. The number of imidazole rings is 1. The highest BCUT2D eigenvalue weighted by molar-refractivity contribution is 5.94. The topological polar surface area (TPSA) is 56.1 Å². The number of hydrogen-bond acceptors (Lipinski definition) is 4. The van der Waals surface area contributed by atoms with Crippen molar-refractivity contribution in [1.82, 2.24) is 9.55 Å². The van der Waals surface area contributed by atoms with E-state index in [4.69, 9.17) is 9.72 Å². The number of hydrogen-bond donors (Lipinski definition) is 1. The fourth-order valence-electron chi connectivity index (χ4n) is 3.79. The monoisotopic (exact) mass is 361 g/mol. The number of carbonyl (C=O) groups is 1. The smallest absolute Gasteiger partial charge is 0.338 e. The molecule has 1 aliphatic rings. The second kappa shape index (κ2) is 6.58. The molecular weight excluding hydrogens is 338 g/mol. The molecule has 1 N–H and O–H groups in total. The molecule has 4 rings (SSSR count). The van der Waals surface area contributed by atoms with Crippen molar-refractivity contribution >= 4 is 23.0 Å². The quantitative estimate of drug-likeness (QED) is 0.698. The van der Waals surface area contributed by atoms with Crippen LogP contribution in [0, 0.1) is 13.8 Å². The number of aryl methyl sites for hydroxylation is 2. The van der Waals surface area contributed by atoms with Crippen LogP contribution >= 0.6 is 0 Å². The molecule has 1 atom stereocenters. The molecular formula is C22H23N3O2. The Balaban J connectivity index is 2.03. The first-order chi connectivity index (χ1) is 13.0. The lowest BCUT2D eigenvalue weighted by molar-refractivity contribution is -0.139. The van der Waals surface area contributed by atoms with Crippen LogP contribution < -0.4 is 5.32 Å². The van der Waals surface area contributed by atoms with Crippen molar-refractivity contribution in [1.29, 1.82) is 0 Å². The molecule has 0 saturated heterocycles. The first-order valence-electron chi connectivity index (χ1n) is 9.20. The fourth-order valence-corrected chi connectivity index (χ4v) is 3.79. The molecule has 1 aliphatic heterocycles. The van der Waals surface area contributed by atoms with E-state index in [-0.39, 0.29) is 12.0 Å². The van der Waals surface area contributed by atoms with Crippen LogP contribution in [0.5, 0.6) is 0 Å². The Hall–Kier alpha value is -3.08. The van der Waals surface area contributed by atoms with Crippen LogP contribution in [0.3, 0.4) is 0 Å². The van der Waals surface area contributed by atoms with Gasteiger partial charge in [-0.2, -0.15) is 0 Å². The van der Waals surface area contributed by atoms with Gasteiger partial charge in [-0.3, -0.25) is 4.57 Å². The number of rotatable bonds is 3. The zero-order valence-corrected chi connectivity index (χ0v) is 16.0. The zero-order chi connectivity index (χ0) is 19.1. The van der Waals surface area contributed by atoms with Gasteiger partial charge in [-0.1, -0.05) is 35.9 Å². The largest absolute Gasteiger partial charge is 0.463 e. The average Bonchev–Trinajstić information content (AvgIpc) is 3.00. The molecule has 1 aromatic heterocycles. The van der Waals surface area contributed by atoms with E-state index in [1.807, 2.05) is 38.1 Å². The molecule has 0 fully saturated rings. The maximum absolute atomic E-state index is 12.9. The average molecular weight is 361 g/mol. The minimum atomic E-state index is -0.295. The van der Waals surface area contributed by atoms with Crippen LogP contribution in [-0.4, -0.2) is 22.1 Å². The summed E-state index contributed by atoms with van der Waals surface area (Å²) in [5.41, 5.74) is 6.66. The molecule has 0 radical (unpaired) electrons. The molecule has 2 heterocycles. The first kappa shape index (κ1) is 17.3. The molecule has 5 nitrogen and oxygen atoms in total. The Kier molecular flexibility index (Phi) is 4.22. The Labute approximate surface area is 158 Å². The minimum absolute atomic E-state index is 0.285. The van der Waals surface area contributed by atoms with Crippen LogP contribution in [0.25, 0.3) is 11.0 Å². The van der Waals surface area contributed by atoms with Gasteiger partial charge < -0.3 is 10.1 Å². The van der Waals surface area contributed by atoms with E-state index in [0.717, 1.165) is 39.4 Å². The maximum atomic E-state index is 12.9. The van der Waals surface area contributed by atoms with Crippen molar-refractivity contribution in [2.24, 2.45) is 0 Å². The lowest BCUT2D eigenvalue weighted by atomic mass is 9.91. The highest BCUT2D eigenvalue weighted by atomic mass is 16.5. The summed E-state index contributed by atoms with van der Waals surface area (Å²) in [5, 5.41) is 3.30. The Bertz CT molecular complexity index is 1080. The van der Waals surface area contributed by atoms with Crippen LogP contribution in [0.1, 0.15) is 36.6 Å². The summed E-state index contributed by atoms with van der Waals surface area (Å²) in [5.74, 6) is 0.449. The van der Waals surface area contributed by atoms with E-state index < -0.39 is 0 Å². The molecule has 2 aromatic carbocycles. The highest BCUT2D eigenvalue weighted by Gasteiger charge is 2.35. The summed E-state index contributed by atoms with van der Waals surface area (Å²) in [4.78, 5) is 17.6. The van der Waals surface area contributed by atoms with Gasteiger partial charge in [0.05, 0.1) is 29.3 Å². The van der Waals surface area contributed by atoms with Crippen LogP contribution in [0.15, 0.2) is 53.7 Å². The van der Waals surface area contributed by atoms with E-state index in [1.165, 1.54) is 0 Å². The van der Waals surface area contributed by atoms with Gasteiger partial charge in [-0.25, -0.2) is 9.78 Å². The van der Waals surface area contributed by atoms with Gasteiger partial charge in [0.25, 0.3) is 0 Å². The van der Waals surface area contributed by atoms with Gasteiger partial charge in [-0.15, -0.1) is 0 Å². The number of aromatic nitrogens is 2. The van der Waals surface area contributed by atoms with Gasteiger partial charge in [0.1, 0.15) is 0 Å². The van der Waals surface area contributed by atoms with E-state index in [1.54, 1.807) is 0 Å². The third-order valence-corrected chi connectivity index (χ3v) is 5.06. The number of carbonyl (C=O) groups excluding carboxylic acids is 1. The van der Waals surface area contributed by atoms with Crippen molar-refractivity contribution in [3.63, 3.8) is 0 Å². The Morgan fingerprint density at radius 2 is 1.96 bits per heavy atom. The number of ether oxygens (including phenoxy) is 1. The fraction of sp³-hybridized carbons (Fsp3) is 0.273. The lowest BCUT2D eigenvalue weighted by Crippen LogP contribution is -2.29. The summed E-state index contributed by atoms with van der Waals surface area (Å²) >= 11 is 0. The van der Waals surface area contributed by atoms with E-state index in [0.29, 0.717) is 12.2 Å². The predicted octanol–water partition coefficient (Wildman–Crippen LogP) is 4.51. The molecule has 5 heteroatoms. The van der Waals surface area contributed by atoms with Crippen molar-refractivity contribution in [3.8, 4) is 0 Å². The number of benzene rings is 2. The van der Waals surface area contributed by atoms with Crippen LogP contribution in [0.2, 0.25) is 0 Å². The third-order valence-electron chi connectivity index (χ3n) is 5.06. The number of anilines is 1. The predicted molar refractivity (Wildman–Crippen MR) is 107 cm³/mol. The van der Waals surface area contributed by atoms with Crippen LogP contribution in [-0.2, 0) is 9.53 Å². The van der Waals surface area contributed by atoms with Crippen molar-refractivity contribution in [2.75, 3.05) is 11.9 Å². The van der Waals surface area contributed by atoms with E-state index >= 15 is 0 Å². The van der Waals surface area contributed by atoms with Crippen molar-refractivity contribution in [2.45, 2.75) is 33.7 Å². The minimum Gasteiger partial charge on any atom is -0.463 e. The van der Waals surface area contributed by atoms with E-state index in [2.05, 4.69) is 41.9 Å². The summed E-state index contributed by atoms with van der Waals surface area (Å²) < 4.78 is 7.51. The number of fused-ring (bicyclic) bond motifs is 3. The second-order valence-corrected chi connectivity index (χ2v) is 6.94. The second-order valence-electron chi connectivity index (χ2n) is 6.94. The summed E-state index contributed by atoms with van der Waals surface area (Å²) in [6.07, 6.45) is 0. The molecule has 27 heavy (non-hydrogen) atoms. The highest BCUT2D eigenvalue weighted by Crippen LogP contribution is 2.40. The van der Waals surface area contributed by atoms with E-state index in [9.17, 15) is 4.79 Å². The normalized spacial score (nSPS) is 16.2. The van der Waals surface area contributed by atoms with Crippen molar-refractivity contribution < 1.29 is 9.53 Å². The maximum Gasteiger partial charge on any atom is 0.338 e. The number of allylic oxidation sites excluding steroid dienone is 1. The molecule has 0 bridgehead atoms. The number of esters is 1. The Morgan fingerprint density at radius 3 is 2.74 bits per heavy atom. The van der Waals surface area contributed by atoms with Gasteiger partial charge >= 0.3 is 5.97 Å². The molecule has 3 aromatic rings. The molecule has 0 spiro atoms. The van der Waals surface area contributed by atoms with Gasteiger partial charge in [0, 0.05) is 5.70 Å². The number of nitrogens with zero attached hydrogens (tertiary/aromatic N) is 2. The summed E-state index contributed by atoms with van der Waals surface area (Å²) in [6.45, 7) is 8.22. The zero-order valence-electron chi connectivity index (χ0n) is 16.0. The number of para-hydroxylation sites is 2. The van der Waals surface area contributed by atoms with Gasteiger partial charge in [-0.05, 0) is 51.0 Å². The van der Waals surface area contributed by atoms with Gasteiger partial charge in [0.15, 0.2) is 0 Å². The lowest BCUT2D eigenvalue weighted by Gasteiger charge is -2.31. The molecule has 0 saturated carbocycles. The third kappa shape index (κ3) is 2.79. The standard InChI is InChI=1S/C22H23N3O2/c1-5-27-21(26)19-15(4)23-22-24-17-8-6-7-9-18(17)25(22)20(19)16-12-13(2)10-11-14(16)3/h6-12,20H,5H2,1-4H3,(H,23,24). The SMILES string of the molecule is CCOC(=O)C1=C(C)Nc2nc3ccccc3n2C1c1cc(C)ccc1C. The molecule has 0 amide bonds. The summed E-state index contributed by atoms with van der Waals surface area (Å²) in [7, 11) is 0. The molecule has 138 valence electrons. The van der Waals surface area contributed by atoms with Crippen molar-refractivity contribution in [3.05, 3.63) is 70.4 Å². The summed E-state index contributed by atoms with van der Waals surface area (Å²) in [6, 6.07) is 14.0.